The summed E-state index contributed by atoms with van der Waals surface area (Å²) in [4.78, 5) is 21.2. The lowest BCUT2D eigenvalue weighted by Crippen LogP contribution is -2.52. The molecule has 0 radical (unpaired) electrons. The molecule has 9 heteroatoms. The predicted molar refractivity (Wildman–Crippen MR) is 111 cm³/mol. The van der Waals surface area contributed by atoms with Gasteiger partial charge in [-0.3, -0.25) is 14.6 Å². The molecule has 1 aromatic carbocycles. The number of hydrogen-bond donors (Lipinski definition) is 1. The average Bonchev–Trinajstić information content (AvgIpc) is 3.40. The van der Waals surface area contributed by atoms with Crippen LogP contribution in [0.15, 0.2) is 28.8 Å². The molecule has 1 aliphatic carbocycles. The van der Waals surface area contributed by atoms with E-state index < -0.39 is 5.54 Å². The minimum absolute atomic E-state index is 0.0589. The van der Waals surface area contributed by atoms with E-state index >= 15 is 0 Å². The molecule has 0 spiro atoms. The molecule has 1 saturated carbocycles. The van der Waals surface area contributed by atoms with Crippen LogP contribution in [0.3, 0.4) is 0 Å². The van der Waals surface area contributed by atoms with Crippen molar-refractivity contribution in [1.29, 1.82) is 5.26 Å². The Kier molecular flexibility index (Phi) is 6.32. The lowest BCUT2D eigenvalue weighted by atomic mass is 10.00. The van der Waals surface area contributed by atoms with Gasteiger partial charge in [-0.25, -0.2) is 0 Å². The summed E-state index contributed by atoms with van der Waals surface area (Å²) in [7, 11) is 0. The highest BCUT2D eigenvalue weighted by Gasteiger charge is 2.35. The Balaban J connectivity index is 1.24. The van der Waals surface area contributed by atoms with Gasteiger partial charge in [0.1, 0.15) is 5.54 Å². The van der Waals surface area contributed by atoms with E-state index in [4.69, 9.17) is 16.1 Å². The van der Waals surface area contributed by atoms with Gasteiger partial charge >= 0.3 is 0 Å². The molecule has 0 atom stereocenters. The normalized spacial score (nSPS) is 19.5. The smallest absolute Gasteiger partial charge is 0.241 e. The molecule has 158 valence electrons. The first kappa shape index (κ1) is 20.8. The van der Waals surface area contributed by atoms with Crippen LogP contribution in [0, 0.1) is 11.3 Å². The van der Waals surface area contributed by atoms with Crippen LogP contribution in [0.1, 0.15) is 31.6 Å². The van der Waals surface area contributed by atoms with Gasteiger partial charge in [-0.2, -0.15) is 10.2 Å². The number of nitrogens with one attached hydrogen (secondary N) is 1. The highest BCUT2D eigenvalue weighted by atomic mass is 35.5. The standard InChI is InChI=1S/C21H25ClN6O2/c22-17-5-3-16(4-6-17)20-24-19(30-26-20)14-28-11-9-27(10-12-28)13-18(29)25-21(15-23)7-1-2-8-21/h3-6H,1-2,7-14H2,(H,25,29). The molecule has 0 bridgehead atoms. The largest absolute Gasteiger partial charge is 0.338 e. The van der Waals surface area contributed by atoms with E-state index in [1.54, 1.807) is 12.1 Å². The van der Waals surface area contributed by atoms with Crippen LogP contribution in [0.5, 0.6) is 0 Å². The molecule has 2 heterocycles. The first-order valence-electron chi connectivity index (χ1n) is 10.3. The van der Waals surface area contributed by atoms with E-state index in [-0.39, 0.29) is 5.91 Å². The van der Waals surface area contributed by atoms with E-state index in [9.17, 15) is 10.1 Å². The zero-order valence-electron chi connectivity index (χ0n) is 16.8. The van der Waals surface area contributed by atoms with Crippen LogP contribution < -0.4 is 5.32 Å². The SMILES string of the molecule is N#CC1(NC(=O)CN2CCN(Cc3nc(-c4ccc(Cl)cc4)no3)CC2)CCCC1. The lowest BCUT2D eigenvalue weighted by Gasteiger charge is -2.34. The number of halogens is 1. The van der Waals surface area contributed by atoms with Crippen molar-refractivity contribution in [2.75, 3.05) is 32.7 Å². The van der Waals surface area contributed by atoms with Crippen molar-refractivity contribution in [3.63, 3.8) is 0 Å². The number of hydrogen-bond acceptors (Lipinski definition) is 7. The van der Waals surface area contributed by atoms with Gasteiger partial charge in [-0.1, -0.05) is 16.8 Å². The average molecular weight is 429 g/mol. The number of carbonyl (C=O) groups is 1. The van der Waals surface area contributed by atoms with E-state index in [2.05, 4.69) is 31.3 Å². The third-order valence-electron chi connectivity index (χ3n) is 5.81. The number of piperazine rings is 1. The van der Waals surface area contributed by atoms with Gasteiger partial charge in [-0.15, -0.1) is 0 Å². The van der Waals surface area contributed by atoms with E-state index in [1.165, 1.54) is 0 Å². The molecular formula is C21H25ClN6O2. The summed E-state index contributed by atoms with van der Waals surface area (Å²) < 4.78 is 5.40. The second-order valence-electron chi connectivity index (χ2n) is 8.02. The third kappa shape index (κ3) is 4.98. The van der Waals surface area contributed by atoms with Crippen molar-refractivity contribution < 1.29 is 9.32 Å². The molecule has 1 N–H and O–H groups in total. The topological polar surface area (TPSA) is 98.3 Å². The Morgan fingerprint density at radius 3 is 2.50 bits per heavy atom. The van der Waals surface area contributed by atoms with Crippen molar-refractivity contribution in [3.05, 3.63) is 35.2 Å². The molecule has 1 amide bonds. The summed E-state index contributed by atoms with van der Waals surface area (Å²) in [6.45, 7) is 4.11. The van der Waals surface area contributed by atoms with Crippen molar-refractivity contribution in [2.24, 2.45) is 0 Å². The second kappa shape index (κ2) is 9.13. The fraction of sp³-hybridized carbons (Fsp3) is 0.524. The molecule has 4 rings (SSSR count). The molecular weight excluding hydrogens is 404 g/mol. The zero-order valence-corrected chi connectivity index (χ0v) is 17.6. The van der Waals surface area contributed by atoms with Crippen LogP contribution in [0.4, 0.5) is 0 Å². The molecule has 0 unspecified atom stereocenters. The van der Waals surface area contributed by atoms with Crippen molar-refractivity contribution in [2.45, 2.75) is 37.8 Å². The number of benzene rings is 1. The second-order valence-corrected chi connectivity index (χ2v) is 8.46. The molecule has 2 aromatic rings. The quantitative estimate of drug-likeness (QED) is 0.754. The van der Waals surface area contributed by atoms with E-state index in [0.717, 1.165) is 57.4 Å². The molecule has 1 aromatic heterocycles. The van der Waals surface area contributed by atoms with Gasteiger partial charge in [0, 0.05) is 36.8 Å². The Hall–Kier alpha value is -2.47. The van der Waals surface area contributed by atoms with Gasteiger partial charge in [0.25, 0.3) is 0 Å². The molecule has 2 fully saturated rings. The van der Waals surface area contributed by atoms with Gasteiger partial charge in [0.2, 0.25) is 17.6 Å². The minimum Gasteiger partial charge on any atom is -0.338 e. The summed E-state index contributed by atoms with van der Waals surface area (Å²) in [6.07, 6.45) is 3.51. The fourth-order valence-corrected chi connectivity index (χ4v) is 4.21. The molecule has 2 aliphatic rings. The molecule has 30 heavy (non-hydrogen) atoms. The van der Waals surface area contributed by atoms with Gasteiger partial charge in [-0.05, 0) is 49.9 Å². The molecule has 8 nitrogen and oxygen atoms in total. The summed E-state index contributed by atoms with van der Waals surface area (Å²) >= 11 is 5.92. The Morgan fingerprint density at radius 2 is 1.83 bits per heavy atom. The monoisotopic (exact) mass is 428 g/mol. The number of carbonyl (C=O) groups excluding carboxylic acids is 1. The van der Waals surface area contributed by atoms with Gasteiger partial charge in [0.15, 0.2) is 0 Å². The predicted octanol–water partition coefficient (Wildman–Crippen LogP) is 2.46. The number of aromatic nitrogens is 2. The Labute approximate surface area is 180 Å². The number of rotatable bonds is 6. The minimum atomic E-state index is -0.654. The van der Waals surface area contributed by atoms with Crippen LogP contribution >= 0.6 is 11.6 Å². The number of nitrogens with zero attached hydrogens (tertiary/aromatic N) is 5. The first-order chi connectivity index (χ1) is 14.5. The summed E-state index contributed by atoms with van der Waals surface area (Å²) in [6, 6.07) is 9.63. The maximum absolute atomic E-state index is 12.4. The van der Waals surface area contributed by atoms with Crippen LogP contribution in [-0.2, 0) is 11.3 Å². The van der Waals surface area contributed by atoms with Gasteiger partial charge in [0.05, 0.1) is 19.2 Å². The van der Waals surface area contributed by atoms with Crippen LogP contribution in [0.25, 0.3) is 11.4 Å². The maximum Gasteiger partial charge on any atom is 0.241 e. The zero-order chi connectivity index (χ0) is 21.0. The maximum atomic E-state index is 12.4. The number of nitriles is 1. The summed E-state index contributed by atoms with van der Waals surface area (Å²) in [5.74, 6) is 1.06. The number of amides is 1. The third-order valence-corrected chi connectivity index (χ3v) is 6.06. The van der Waals surface area contributed by atoms with Crippen LogP contribution in [-0.4, -0.2) is 64.1 Å². The Morgan fingerprint density at radius 1 is 1.17 bits per heavy atom. The lowest BCUT2D eigenvalue weighted by molar-refractivity contribution is -0.124. The summed E-state index contributed by atoms with van der Waals surface area (Å²) in [5.41, 5.74) is 0.209. The molecule has 1 saturated heterocycles. The first-order valence-corrected chi connectivity index (χ1v) is 10.7. The highest BCUT2D eigenvalue weighted by molar-refractivity contribution is 6.30. The van der Waals surface area contributed by atoms with Crippen LogP contribution in [0.2, 0.25) is 5.02 Å². The molecule has 1 aliphatic heterocycles. The highest BCUT2D eigenvalue weighted by Crippen LogP contribution is 2.28. The van der Waals surface area contributed by atoms with E-state index in [1.807, 2.05) is 12.1 Å². The fourth-order valence-electron chi connectivity index (χ4n) is 4.08. The summed E-state index contributed by atoms with van der Waals surface area (Å²) in [5, 5.41) is 17.1. The van der Waals surface area contributed by atoms with Crippen molar-refractivity contribution in [1.82, 2.24) is 25.3 Å². The van der Waals surface area contributed by atoms with Gasteiger partial charge < -0.3 is 9.84 Å². The van der Waals surface area contributed by atoms with Crippen molar-refractivity contribution in [3.8, 4) is 17.5 Å². The van der Waals surface area contributed by atoms with Crippen molar-refractivity contribution >= 4 is 17.5 Å². The van der Waals surface area contributed by atoms with E-state index in [0.29, 0.717) is 29.8 Å². The Bertz CT molecular complexity index is 908.